The average molecular weight is 382 g/mol. The molecule has 28 heavy (non-hydrogen) atoms. The minimum absolute atomic E-state index is 0.0227. The fraction of sp³-hybridized carbons (Fsp3) is 0.435. The monoisotopic (exact) mass is 381 g/mol. The van der Waals surface area contributed by atoms with E-state index in [2.05, 4.69) is 41.3 Å². The number of hydrogen-bond acceptors (Lipinski definition) is 4. The summed E-state index contributed by atoms with van der Waals surface area (Å²) >= 11 is 0. The van der Waals surface area contributed by atoms with E-state index in [1.165, 1.54) is 0 Å². The van der Waals surface area contributed by atoms with Gasteiger partial charge in [-0.3, -0.25) is 9.69 Å². The molecule has 1 aliphatic heterocycles. The summed E-state index contributed by atoms with van der Waals surface area (Å²) < 4.78 is 5.46. The number of benzene rings is 2. The van der Waals surface area contributed by atoms with Crippen molar-refractivity contribution in [3.63, 3.8) is 0 Å². The number of carbonyl (C=O) groups is 1. The van der Waals surface area contributed by atoms with Gasteiger partial charge in [-0.25, -0.2) is 0 Å². The van der Waals surface area contributed by atoms with E-state index in [9.17, 15) is 4.79 Å². The lowest BCUT2D eigenvalue weighted by Gasteiger charge is -2.37. The summed E-state index contributed by atoms with van der Waals surface area (Å²) in [5.74, 6) is 0.893. The van der Waals surface area contributed by atoms with Crippen molar-refractivity contribution in [1.82, 2.24) is 15.1 Å². The van der Waals surface area contributed by atoms with Crippen LogP contribution in [0.1, 0.15) is 21.5 Å². The highest BCUT2D eigenvalue weighted by Gasteiger charge is 2.22. The molecule has 1 heterocycles. The van der Waals surface area contributed by atoms with E-state index in [0.29, 0.717) is 18.2 Å². The molecule has 1 fully saturated rings. The summed E-state index contributed by atoms with van der Waals surface area (Å²) in [6.45, 7) is 7.82. The van der Waals surface area contributed by atoms with Crippen molar-refractivity contribution in [1.29, 1.82) is 0 Å². The fourth-order valence-electron chi connectivity index (χ4n) is 3.91. The van der Waals surface area contributed by atoms with E-state index in [-0.39, 0.29) is 5.91 Å². The van der Waals surface area contributed by atoms with Crippen LogP contribution in [0.4, 0.5) is 0 Å². The van der Waals surface area contributed by atoms with Crippen molar-refractivity contribution in [3.05, 3.63) is 53.1 Å². The summed E-state index contributed by atoms with van der Waals surface area (Å²) in [7, 11) is 5.95. The van der Waals surface area contributed by atoms with Crippen LogP contribution in [0.3, 0.4) is 0 Å². The molecule has 0 bridgehead atoms. The molecule has 150 valence electrons. The third-order valence-corrected chi connectivity index (χ3v) is 5.60. The van der Waals surface area contributed by atoms with Crippen molar-refractivity contribution in [3.8, 4) is 16.9 Å². The number of ether oxygens (including phenoxy) is 1. The Kier molecular flexibility index (Phi) is 6.37. The number of hydrogen-bond donors (Lipinski definition) is 1. The van der Waals surface area contributed by atoms with Gasteiger partial charge in [0.25, 0.3) is 5.91 Å². The number of aryl methyl sites for hydroxylation is 2. The van der Waals surface area contributed by atoms with Crippen LogP contribution in [0, 0.1) is 13.8 Å². The maximum Gasteiger partial charge on any atom is 0.251 e. The van der Waals surface area contributed by atoms with Crippen LogP contribution >= 0.6 is 0 Å². The van der Waals surface area contributed by atoms with Gasteiger partial charge in [0.15, 0.2) is 0 Å². The van der Waals surface area contributed by atoms with E-state index >= 15 is 0 Å². The zero-order valence-electron chi connectivity index (χ0n) is 17.6. The molecule has 1 amide bonds. The second-order valence-corrected chi connectivity index (χ2v) is 7.83. The van der Waals surface area contributed by atoms with Crippen molar-refractivity contribution in [2.75, 3.05) is 47.4 Å². The number of likely N-dealkylation sites (N-methyl/N-ethyl adjacent to an activating group) is 2. The summed E-state index contributed by atoms with van der Waals surface area (Å²) in [6.07, 6.45) is 0. The van der Waals surface area contributed by atoms with Crippen LogP contribution in [0.25, 0.3) is 11.1 Å². The lowest BCUT2D eigenvalue weighted by Crippen LogP contribution is -2.54. The minimum Gasteiger partial charge on any atom is -0.496 e. The summed E-state index contributed by atoms with van der Waals surface area (Å²) in [4.78, 5) is 17.4. The summed E-state index contributed by atoms with van der Waals surface area (Å²) in [5, 5.41) is 3.11. The van der Waals surface area contributed by atoms with E-state index in [1.54, 1.807) is 7.11 Å². The second kappa shape index (κ2) is 8.76. The topological polar surface area (TPSA) is 44.8 Å². The highest BCUT2D eigenvalue weighted by molar-refractivity contribution is 5.95. The lowest BCUT2D eigenvalue weighted by atomic mass is 9.98. The fourth-order valence-corrected chi connectivity index (χ4v) is 3.91. The third kappa shape index (κ3) is 4.54. The number of rotatable bonds is 5. The van der Waals surface area contributed by atoms with E-state index in [4.69, 9.17) is 4.74 Å². The molecule has 5 nitrogen and oxygen atoms in total. The van der Waals surface area contributed by atoms with Gasteiger partial charge in [0, 0.05) is 37.8 Å². The number of nitrogens with one attached hydrogen (secondary N) is 1. The zero-order chi connectivity index (χ0) is 20.3. The van der Waals surface area contributed by atoms with Gasteiger partial charge in [0.05, 0.1) is 7.11 Å². The molecule has 0 aliphatic carbocycles. The molecule has 1 aliphatic rings. The van der Waals surface area contributed by atoms with Gasteiger partial charge in [0.1, 0.15) is 5.75 Å². The Morgan fingerprint density at radius 2 is 1.82 bits per heavy atom. The molecule has 0 radical (unpaired) electrons. The van der Waals surface area contributed by atoms with Crippen LogP contribution in [-0.4, -0.2) is 69.1 Å². The molecule has 0 saturated carbocycles. The first-order chi connectivity index (χ1) is 13.4. The molecular weight excluding hydrogens is 350 g/mol. The lowest BCUT2D eigenvalue weighted by molar-refractivity contribution is 0.0881. The van der Waals surface area contributed by atoms with Crippen LogP contribution in [0.2, 0.25) is 0 Å². The quantitative estimate of drug-likeness (QED) is 0.865. The second-order valence-electron chi connectivity index (χ2n) is 7.83. The first kappa shape index (κ1) is 20.4. The third-order valence-electron chi connectivity index (χ3n) is 5.60. The molecule has 0 aromatic heterocycles. The predicted octanol–water partition coefficient (Wildman–Crippen LogP) is 2.95. The van der Waals surface area contributed by atoms with E-state index in [0.717, 1.165) is 47.6 Å². The Morgan fingerprint density at radius 3 is 2.50 bits per heavy atom. The molecule has 0 unspecified atom stereocenters. The molecule has 1 saturated heterocycles. The maximum atomic E-state index is 12.7. The van der Waals surface area contributed by atoms with Gasteiger partial charge in [-0.2, -0.15) is 0 Å². The Bertz CT molecular complexity index is 826. The summed E-state index contributed by atoms with van der Waals surface area (Å²) in [6, 6.07) is 12.4. The van der Waals surface area contributed by atoms with Gasteiger partial charge in [0.2, 0.25) is 0 Å². The van der Waals surface area contributed by atoms with Crippen molar-refractivity contribution in [2.45, 2.75) is 19.9 Å². The van der Waals surface area contributed by atoms with Crippen LogP contribution in [0.15, 0.2) is 36.4 Å². The molecule has 0 spiro atoms. The molecule has 1 atom stereocenters. The number of carbonyl (C=O) groups excluding carboxylic acids is 1. The molecule has 2 aromatic rings. The average Bonchev–Trinajstić information content (AvgIpc) is 2.68. The highest BCUT2D eigenvalue weighted by Crippen LogP contribution is 2.30. The van der Waals surface area contributed by atoms with Crippen molar-refractivity contribution >= 4 is 5.91 Å². The maximum absolute atomic E-state index is 12.7. The zero-order valence-corrected chi connectivity index (χ0v) is 17.6. The Morgan fingerprint density at radius 1 is 1.11 bits per heavy atom. The van der Waals surface area contributed by atoms with Crippen LogP contribution in [-0.2, 0) is 0 Å². The molecule has 2 aromatic carbocycles. The Labute approximate surface area is 168 Å². The first-order valence-electron chi connectivity index (χ1n) is 9.81. The number of amides is 1. The van der Waals surface area contributed by atoms with Gasteiger partial charge < -0.3 is 15.0 Å². The van der Waals surface area contributed by atoms with Gasteiger partial charge >= 0.3 is 0 Å². The van der Waals surface area contributed by atoms with Crippen molar-refractivity contribution in [2.24, 2.45) is 0 Å². The number of piperazine rings is 1. The van der Waals surface area contributed by atoms with Crippen LogP contribution in [0.5, 0.6) is 5.75 Å². The molecule has 3 rings (SSSR count). The highest BCUT2D eigenvalue weighted by atomic mass is 16.5. The number of methoxy groups -OCH3 is 1. The molecule has 1 N–H and O–H groups in total. The van der Waals surface area contributed by atoms with Crippen LogP contribution < -0.4 is 10.1 Å². The Hall–Kier alpha value is -2.37. The van der Waals surface area contributed by atoms with E-state index in [1.807, 2.05) is 38.1 Å². The Balaban J connectivity index is 1.73. The van der Waals surface area contributed by atoms with Gasteiger partial charge in [-0.15, -0.1) is 0 Å². The number of nitrogens with zero attached hydrogens (tertiary/aromatic N) is 2. The minimum atomic E-state index is -0.0227. The largest absolute Gasteiger partial charge is 0.496 e. The molecule has 5 heteroatoms. The first-order valence-corrected chi connectivity index (χ1v) is 9.81. The predicted molar refractivity (Wildman–Crippen MR) is 114 cm³/mol. The van der Waals surface area contributed by atoms with Crippen molar-refractivity contribution < 1.29 is 9.53 Å². The molecular formula is C23H31N3O2. The summed E-state index contributed by atoms with van der Waals surface area (Å²) in [5.41, 5.74) is 5.01. The van der Waals surface area contributed by atoms with Gasteiger partial charge in [-0.05, 0) is 74.5 Å². The smallest absolute Gasteiger partial charge is 0.251 e. The van der Waals surface area contributed by atoms with E-state index < -0.39 is 0 Å². The SMILES string of the molecule is COc1c(C)cc(-c2cccc(C(=O)NC[C@H]3CN(C)CCN3C)c2)cc1C. The van der Waals surface area contributed by atoms with Gasteiger partial charge in [-0.1, -0.05) is 12.1 Å². The standard InChI is InChI=1S/C23H31N3O2/c1-16-11-20(12-17(2)22(16)28-5)18-7-6-8-19(13-18)23(27)24-14-21-15-25(3)9-10-26(21)4/h6-8,11-13,21H,9-10,14-15H2,1-5H3,(H,24,27)/t21-/m0/s1. The normalized spacial score (nSPS) is 18.1.